The largest absolute Gasteiger partial charge is 0.369 e. The van der Waals surface area contributed by atoms with Gasteiger partial charge in [0.15, 0.2) is 0 Å². The van der Waals surface area contributed by atoms with Gasteiger partial charge in [0.05, 0.1) is 5.92 Å². The third-order valence-corrected chi connectivity index (χ3v) is 3.69. The van der Waals surface area contributed by atoms with Crippen molar-refractivity contribution in [1.29, 1.82) is 0 Å². The number of amides is 3. The van der Waals surface area contributed by atoms with Crippen LogP contribution in [0.4, 0.5) is 0 Å². The van der Waals surface area contributed by atoms with Crippen molar-refractivity contribution in [2.45, 2.75) is 12.8 Å². The third-order valence-electron chi connectivity index (χ3n) is 3.69. The quantitative estimate of drug-likeness (QED) is 0.545. The van der Waals surface area contributed by atoms with Gasteiger partial charge >= 0.3 is 11.8 Å². The van der Waals surface area contributed by atoms with Crippen LogP contribution < -0.4 is 11.1 Å². The number of carbonyl (C=O) groups is 3. The fraction of sp³-hybridized carbons (Fsp3) is 0.750. The molecule has 0 aromatic heterocycles. The summed E-state index contributed by atoms with van der Waals surface area (Å²) < 4.78 is 0. The molecule has 1 unspecified atom stereocenters. The zero-order valence-electron chi connectivity index (χ0n) is 10.9. The second-order valence-corrected chi connectivity index (χ2v) is 5.03. The zero-order valence-corrected chi connectivity index (χ0v) is 10.9. The molecule has 2 aliphatic rings. The molecule has 0 spiro atoms. The van der Waals surface area contributed by atoms with Gasteiger partial charge in [-0.05, 0) is 19.4 Å². The molecule has 2 aliphatic heterocycles. The zero-order chi connectivity index (χ0) is 13.8. The number of nitrogens with two attached hydrogens (primary N) is 1. The van der Waals surface area contributed by atoms with E-state index in [-0.39, 0.29) is 12.5 Å². The summed E-state index contributed by atoms with van der Waals surface area (Å²) >= 11 is 0. The molecule has 2 rings (SSSR count). The molecule has 106 valence electrons. The van der Waals surface area contributed by atoms with Crippen LogP contribution in [0.5, 0.6) is 0 Å². The topological polar surface area (TPSA) is 95.7 Å². The monoisotopic (exact) mass is 268 g/mol. The minimum Gasteiger partial charge on any atom is -0.369 e. The normalized spacial score (nSPS) is 24.1. The second-order valence-electron chi connectivity index (χ2n) is 5.03. The predicted octanol–water partition coefficient (Wildman–Crippen LogP) is -1.86. The summed E-state index contributed by atoms with van der Waals surface area (Å²) in [5.41, 5.74) is 5.22. The average Bonchev–Trinajstić information content (AvgIpc) is 2.73. The molecule has 3 N–H and O–H groups in total. The van der Waals surface area contributed by atoms with E-state index in [1.54, 1.807) is 4.90 Å². The summed E-state index contributed by atoms with van der Waals surface area (Å²) in [4.78, 5) is 38.3. The van der Waals surface area contributed by atoms with Crippen molar-refractivity contribution in [3.63, 3.8) is 0 Å². The van der Waals surface area contributed by atoms with Crippen LogP contribution in [-0.4, -0.2) is 66.8 Å². The van der Waals surface area contributed by atoms with Crippen LogP contribution in [0.1, 0.15) is 12.8 Å². The summed E-state index contributed by atoms with van der Waals surface area (Å²) in [6.45, 7) is 3.44. The highest BCUT2D eigenvalue weighted by atomic mass is 16.2. The highest BCUT2D eigenvalue weighted by Gasteiger charge is 2.34. The van der Waals surface area contributed by atoms with Crippen LogP contribution in [-0.2, 0) is 14.4 Å². The average molecular weight is 268 g/mol. The molecule has 2 fully saturated rings. The van der Waals surface area contributed by atoms with Crippen LogP contribution in [0, 0.1) is 5.92 Å². The van der Waals surface area contributed by atoms with Crippen molar-refractivity contribution in [2.75, 3.05) is 39.3 Å². The first-order chi connectivity index (χ1) is 9.09. The number of primary amides is 1. The van der Waals surface area contributed by atoms with Crippen LogP contribution in [0.3, 0.4) is 0 Å². The number of nitrogens with zero attached hydrogens (tertiary/aromatic N) is 2. The van der Waals surface area contributed by atoms with Gasteiger partial charge in [0, 0.05) is 32.7 Å². The van der Waals surface area contributed by atoms with Crippen LogP contribution in [0.2, 0.25) is 0 Å². The minimum atomic E-state index is -0.509. The molecular formula is C12H20N4O3. The molecule has 7 nitrogen and oxygen atoms in total. The van der Waals surface area contributed by atoms with Gasteiger partial charge in [-0.2, -0.15) is 0 Å². The summed E-state index contributed by atoms with van der Waals surface area (Å²) in [7, 11) is 0. The summed E-state index contributed by atoms with van der Waals surface area (Å²) in [5, 5.41) is 3.18. The van der Waals surface area contributed by atoms with Gasteiger partial charge in [-0.15, -0.1) is 0 Å². The van der Waals surface area contributed by atoms with Crippen molar-refractivity contribution >= 4 is 17.7 Å². The maximum absolute atomic E-state index is 12.1. The molecule has 2 saturated heterocycles. The van der Waals surface area contributed by atoms with Gasteiger partial charge < -0.3 is 20.9 Å². The van der Waals surface area contributed by atoms with Gasteiger partial charge in [-0.1, -0.05) is 0 Å². The molecule has 0 aromatic rings. The lowest BCUT2D eigenvalue weighted by atomic mass is 10.1. The van der Waals surface area contributed by atoms with E-state index < -0.39 is 17.7 Å². The standard InChI is InChI=1S/C12H20N4O3/c13-10(17)9-2-6-16(8-9)12(19)11(18)15-5-1-3-14-4-7-15/h9,14H,1-8H2,(H2,13,17). The minimum absolute atomic E-state index is 0.270. The van der Waals surface area contributed by atoms with Crippen molar-refractivity contribution in [2.24, 2.45) is 11.7 Å². The van der Waals surface area contributed by atoms with Gasteiger partial charge in [-0.25, -0.2) is 0 Å². The van der Waals surface area contributed by atoms with Gasteiger partial charge in [0.1, 0.15) is 0 Å². The van der Waals surface area contributed by atoms with Crippen molar-refractivity contribution < 1.29 is 14.4 Å². The molecule has 0 bridgehead atoms. The lowest BCUT2D eigenvalue weighted by molar-refractivity contribution is -0.151. The molecule has 0 saturated carbocycles. The van der Waals surface area contributed by atoms with Crippen molar-refractivity contribution in [3.05, 3.63) is 0 Å². The van der Waals surface area contributed by atoms with Gasteiger partial charge in [0.25, 0.3) is 0 Å². The summed E-state index contributed by atoms with van der Waals surface area (Å²) in [6, 6.07) is 0. The Labute approximate surface area is 112 Å². The second kappa shape index (κ2) is 6.01. The number of likely N-dealkylation sites (tertiary alicyclic amines) is 1. The van der Waals surface area contributed by atoms with Gasteiger partial charge in [-0.3, -0.25) is 14.4 Å². The fourth-order valence-electron chi connectivity index (χ4n) is 2.50. The molecule has 0 aromatic carbocycles. The summed E-state index contributed by atoms with van der Waals surface area (Å²) in [6.07, 6.45) is 1.40. The maximum atomic E-state index is 12.1. The molecule has 0 radical (unpaired) electrons. The lowest BCUT2D eigenvalue weighted by Gasteiger charge is -2.22. The Balaban J connectivity index is 1.92. The first-order valence-corrected chi connectivity index (χ1v) is 6.68. The van der Waals surface area contributed by atoms with Crippen LogP contribution in [0.25, 0.3) is 0 Å². The Kier molecular flexibility index (Phi) is 4.36. The van der Waals surface area contributed by atoms with E-state index in [2.05, 4.69) is 5.32 Å². The molecule has 2 heterocycles. The SMILES string of the molecule is NC(=O)C1CCN(C(=O)C(=O)N2CCCNCC2)C1. The van der Waals surface area contributed by atoms with E-state index in [1.165, 1.54) is 4.90 Å². The fourth-order valence-corrected chi connectivity index (χ4v) is 2.50. The molecule has 7 heteroatoms. The van der Waals surface area contributed by atoms with Crippen LogP contribution >= 0.6 is 0 Å². The number of carbonyl (C=O) groups excluding carboxylic acids is 3. The molecule has 3 amide bonds. The lowest BCUT2D eigenvalue weighted by Crippen LogP contribution is -2.46. The molecular weight excluding hydrogens is 248 g/mol. The first-order valence-electron chi connectivity index (χ1n) is 6.68. The highest BCUT2D eigenvalue weighted by Crippen LogP contribution is 2.16. The van der Waals surface area contributed by atoms with E-state index in [0.717, 1.165) is 13.0 Å². The molecule has 1 atom stereocenters. The van der Waals surface area contributed by atoms with E-state index in [0.29, 0.717) is 32.6 Å². The first kappa shape index (κ1) is 13.8. The highest BCUT2D eigenvalue weighted by molar-refractivity contribution is 6.35. The van der Waals surface area contributed by atoms with Crippen LogP contribution in [0.15, 0.2) is 0 Å². The van der Waals surface area contributed by atoms with Crippen molar-refractivity contribution in [3.8, 4) is 0 Å². The van der Waals surface area contributed by atoms with E-state index in [1.807, 2.05) is 0 Å². The predicted molar refractivity (Wildman–Crippen MR) is 67.9 cm³/mol. The van der Waals surface area contributed by atoms with E-state index >= 15 is 0 Å². The number of rotatable bonds is 1. The van der Waals surface area contributed by atoms with E-state index in [4.69, 9.17) is 5.73 Å². The Hall–Kier alpha value is -1.63. The Bertz CT molecular complexity index is 377. The molecule has 19 heavy (non-hydrogen) atoms. The number of hydrogen-bond acceptors (Lipinski definition) is 4. The number of nitrogens with one attached hydrogen (secondary N) is 1. The smallest absolute Gasteiger partial charge is 0.312 e. The summed E-state index contributed by atoms with van der Waals surface area (Å²) in [5.74, 6) is -1.69. The Morgan fingerprint density at radius 2 is 1.74 bits per heavy atom. The molecule has 0 aliphatic carbocycles. The Morgan fingerprint density at radius 1 is 1.00 bits per heavy atom. The van der Waals surface area contributed by atoms with E-state index in [9.17, 15) is 14.4 Å². The maximum Gasteiger partial charge on any atom is 0.312 e. The Morgan fingerprint density at radius 3 is 2.42 bits per heavy atom. The number of hydrogen-bond donors (Lipinski definition) is 2. The third kappa shape index (κ3) is 3.23. The van der Waals surface area contributed by atoms with Gasteiger partial charge in [0.2, 0.25) is 5.91 Å². The van der Waals surface area contributed by atoms with Crippen molar-refractivity contribution in [1.82, 2.24) is 15.1 Å².